The maximum absolute atomic E-state index is 12.0. The minimum atomic E-state index is -1.42. The van der Waals surface area contributed by atoms with E-state index < -0.39 is 24.5 Å². The summed E-state index contributed by atoms with van der Waals surface area (Å²) in [6.07, 6.45) is -1.42. The highest BCUT2D eigenvalue weighted by atomic mass is 19.1. The summed E-state index contributed by atoms with van der Waals surface area (Å²) >= 11 is 0. The second-order valence-corrected chi connectivity index (χ2v) is 2.75. The summed E-state index contributed by atoms with van der Waals surface area (Å²) in [5, 5.41) is 26.9. The maximum atomic E-state index is 12.0. The molecule has 0 spiro atoms. The first kappa shape index (κ1) is 10.5. The van der Waals surface area contributed by atoms with Crippen LogP contribution >= 0.6 is 0 Å². The number of phenolic OH excluding ortho intramolecular Hbond substituents is 1. The van der Waals surface area contributed by atoms with Crippen molar-refractivity contribution >= 4 is 5.97 Å². The molecule has 1 aromatic carbocycles. The number of aromatic carboxylic acids is 1. The molecule has 0 radical (unpaired) electrons. The predicted octanol–water partition coefficient (Wildman–Crippen LogP) is 1.09. The Morgan fingerprint density at radius 3 is 2.57 bits per heavy atom. The van der Waals surface area contributed by atoms with E-state index >= 15 is 0 Å². The molecule has 1 unspecified atom stereocenters. The Balaban J connectivity index is 3.07. The number of aromatic hydroxyl groups is 1. The van der Waals surface area contributed by atoms with Crippen molar-refractivity contribution in [1.82, 2.24) is 0 Å². The molecule has 0 saturated heterocycles. The third kappa shape index (κ3) is 2.00. The lowest BCUT2D eigenvalue weighted by molar-refractivity contribution is 0.0696. The number of carboxylic acid groups (broad SMARTS) is 1. The highest BCUT2D eigenvalue weighted by molar-refractivity contribution is 5.88. The Labute approximate surface area is 79.2 Å². The van der Waals surface area contributed by atoms with E-state index in [-0.39, 0.29) is 11.1 Å². The largest absolute Gasteiger partial charge is 0.508 e. The van der Waals surface area contributed by atoms with Crippen LogP contribution in [0.2, 0.25) is 0 Å². The summed E-state index contributed by atoms with van der Waals surface area (Å²) in [5.41, 5.74) is -0.130. The zero-order valence-corrected chi connectivity index (χ0v) is 7.14. The molecule has 1 atom stereocenters. The van der Waals surface area contributed by atoms with Crippen LogP contribution in [-0.4, -0.2) is 28.0 Å². The second-order valence-electron chi connectivity index (χ2n) is 2.75. The van der Waals surface area contributed by atoms with Crippen LogP contribution in [0.4, 0.5) is 4.39 Å². The zero-order valence-electron chi connectivity index (χ0n) is 7.14. The van der Waals surface area contributed by atoms with Crippen LogP contribution < -0.4 is 0 Å². The van der Waals surface area contributed by atoms with Gasteiger partial charge in [-0.1, -0.05) is 6.07 Å². The Morgan fingerprint density at radius 1 is 1.50 bits per heavy atom. The highest BCUT2D eigenvalue weighted by Crippen LogP contribution is 2.25. The van der Waals surface area contributed by atoms with Gasteiger partial charge < -0.3 is 15.3 Å². The molecule has 5 heteroatoms. The van der Waals surface area contributed by atoms with Gasteiger partial charge in [0.2, 0.25) is 0 Å². The first-order valence-corrected chi connectivity index (χ1v) is 3.86. The molecule has 0 aliphatic rings. The van der Waals surface area contributed by atoms with E-state index in [4.69, 9.17) is 10.2 Å². The molecule has 14 heavy (non-hydrogen) atoms. The third-order valence-corrected chi connectivity index (χ3v) is 1.78. The first-order valence-electron chi connectivity index (χ1n) is 3.86. The van der Waals surface area contributed by atoms with Crippen LogP contribution in [-0.2, 0) is 0 Å². The number of benzene rings is 1. The van der Waals surface area contributed by atoms with Crippen molar-refractivity contribution in [2.24, 2.45) is 0 Å². The summed E-state index contributed by atoms with van der Waals surface area (Å²) in [6.45, 7) is -1.03. The average molecular weight is 200 g/mol. The molecule has 0 saturated carbocycles. The fourth-order valence-corrected chi connectivity index (χ4v) is 1.04. The molecule has 0 amide bonds. The molecule has 4 nitrogen and oxygen atoms in total. The number of halogens is 1. The molecule has 0 aromatic heterocycles. The molecule has 0 fully saturated rings. The number of carboxylic acids is 1. The van der Waals surface area contributed by atoms with E-state index in [1.807, 2.05) is 0 Å². The van der Waals surface area contributed by atoms with E-state index in [2.05, 4.69) is 0 Å². The minimum absolute atomic E-state index is 0.0162. The van der Waals surface area contributed by atoms with Crippen LogP contribution in [0.5, 0.6) is 5.75 Å². The Morgan fingerprint density at radius 2 is 2.14 bits per heavy atom. The number of alkyl halides is 1. The van der Waals surface area contributed by atoms with Gasteiger partial charge in [0.25, 0.3) is 0 Å². The van der Waals surface area contributed by atoms with Gasteiger partial charge >= 0.3 is 5.97 Å². The van der Waals surface area contributed by atoms with Gasteiger partial charge in [0.15, 0.2) is 0 Å². The summed E-state index contributed by atoms with van der Waals surface area (Å²) < 4.78 is 12.0. The molecule has 1 aromatic rings. The monoisotopic (exact) mass is 200 g/mol. The van der Waals surface area contributed by atoms with E-state index in [0.717, 1.165) is 6.07 Å². The van der Waals surface area contributed by atoms with Gasteiger partial charge in [0, 0.05) is 5.56 Å². The highest BCUT2D eigenvalue weighted by Gasteiger charge is 2.13. The lowest BCUT2D eigenvalue weighted by Gasteiger charge is -2.08. The zero-order chi connectivity index (χ0) is 10.7. The van der Waals surface area contributed by atoms with E-state index in [0.29, 0.717) is 0 Å². The fourth-order valence-electron chi connectivity index (χ4n) is 1.04. The number of phenols is 1. The lowest BCUT2D eigenvalue weighted by atomic mass is 10.1. The van der Waals surface area contributed by atoms with Crippen molar-refractivity contribution in [2.75, 3.05) is 6.67 Å². The van der Waals surface area contributed by atoms with Gasteiger partial charge in [0.1, 0.15) is 18.5 Å². The molecule has 76 valence electrons. The maximum Gasteiger partial charge on any atom is 0.335 e. The van der Waals surface area contributed by atoms with Crippen molar-refractivity contribution in [1.29, 1.82) is 0 Å². The van der Waals surface area contributed by atoms with Crippen LogP contribution in [0.1, 0.15) is 22.0 Å². The van der Waals surface area contributed by atoms with E-state index in [1.165, 1.54) is 12.1 Å². The fraction of sp³-hybridized carbons (Fsp3) is 0.222. The topological polar surface area (TPSA) is 77.8 Å². The van der Waals surface area contributed by atoms with Gasteiger partial charge in [-0.05, 0) is 12.1 Å². The van der Waals surface area contributed by atoms with Crippen LogP contribution in [0, 0.1) is 0 Å². The summed E-state index contributed by atoms with van der Waals surface area (Å²) in [4.78, 5) is 10.5. The van der Waals surface area contributed by atoms with Crippen molar-refractivity contribution in [3.8, 4) is 5.75 Å². The van der Waals surface area contributed by atoms with Gasteiger partial charge in [-0.3, -0.25) is 0 Å². The minimum Gasteiger partial charge on any atom is -0.508 e. The van der Waals surface area contributed by atoms with Crippen molar-refractivity contribution in [3.05, 3.63) is 29.3 Å². The van der Waals surface area contributed by atoms with Gasteiger partial charge in [-0.2, -0.15) is 0 Å². The normalized spacial score (nSPS) is 12.4. The molecule has 0 heterocycles. The van der Waals surface area contributed by atoms with Crippen molar-refractivity contribution in [3.63, 3.8) is 0 Å². The molecule has 3 N–H and O–H groups in total. The first-order chi connectivity index (χ1) is 6.56. The van der Waals surface area contributed by atoms with Crippen molar-refractivity contribution < 1.29 is 24.5 Å². The molecule has 1 rings (SSSR count). The Kier molecular flexibility index (Phi) is 3.03. The predicted molar refractivity (Wildman–Crippen MR) is 46.0 cm³/mol. The average Bonchev–Trinajstić information content (AvgIpc) is 2.16. The number of hydrogen-bond acceptors (Lipinski definition) is 3. The summed E-state index contributed by atoms with van der Waals surface area (Å²) in [7, 11) is 0. The van der Waals surface area contributed by atoms with Gasteiger partial charge in [-0.15, -0.1) is 0 Å². The second kappa shape index (κ2) is 4.06. The quantitative estimate of drug-likeness (QED) is 0.682. The number of aliphatic hydroxyl groups is 1. The molecule has 0 aliphatic heterocycles. The third-order valence-electron chi connectivity index (χ3n) is 1.78. The standard InChI is InChI=1S/C9H9FO4/c10-4-8(12)6-2-1-5(9(13)14)3-7(6)11/h1-3,8,11-12H,4H2,(H,13,14). The Bertz CT molecular complexity index is 351. The molecular weight excluding hydrogens is 191 g/mol. The van der Waals surface area contributed by atoms with E-state index in [9.17, 15) is 14.3 Å². The number of carbonyl (C=O) groups is 1. The number of aliphatic hydroxyl groups excluding tert-OH is 1. The van der Waals surface area contributed by atoms with E-state index in [1.54, 1.807) is 0 Å². The Hall–Kier alpha value is -1.62. The molecule has 0 bridgehead atoms. The molecular formula is C9H9FO4. The molecule has 0 aliphatic carbocycles. The summed E-state index contributed by atoms with van der Waals surface area (Å²) in [6, 6.07) is 3.34. The lowest BCUT2D eigenvalue weighted by Crippen LogP contribution is -2.02. The SMILES string of the molecule is O=C(O)c1ccc(C(O)CF)c(O)c1. The van der Waals surface area contributed by atoms with Crippen LogP contribution in [0.15, 0.2) is 18.2 Å². The van der Waals surface area contributed by atoms with Crippen molar-refractivity contribution in [2.45, 2.75) is 6.10 Å². The van der Waals surface area contributed by atoms with Crippen LogP contribution in [0.25, 0.3) is 0 Å². The number of hydrogen-bond donors (Lipinski definition) is 3. The smallest absolute Gasteiger partial charge is 0.335 e. The number of rotatable bonds is 3. The van der Waals surface area contributed by atoms with Crippen LogP contribution in [0.3, 0.4) is 0 Å². The van der Waals surface area contributed by atoms with Gasteiger partial charge in [-0.25, -0.2) is 9.18 Å². The summed E-state index contributed by atoms with van der Waals surface area (Å²) in [5.74, 6) is -1.61. The van der Waals surface area contributed by atoms with Gasteiger partial charge in [0.05, 0.1) is 5.56 Å².